The normalized spacial score (nSPS) is 11.0. The van der Waals surface area contributed by atoms with Gasteiger partial charge in [0.25, 0.3) is 11.1 Å². The Bertz CT molecular complexity index is 3290. The maximum Gasteiger partial charge on any atom is 0.339 e. The number of hydrogen-bond donors (Lipinski definition) is 2. The van der Waals surface area contributed by atoms with Crippen LogP contribution in [0.2, 0.25) is 10.0 Å². The smallest absolute Gasteiger partial charge is 0.339 e. The molecule has 0 spiro atoms. The molecule has 8 aromatic rings. The van der Waals surface area contributed by atoms with Gasteiger partial charge in [0.15, 0.2) is 11.6 Å². The number of ether oxygens (including phenoxy) is 1. The average Bonchev–Trinajstić information content (AvgIpc) is 3.30. The first-order valence-electron chi connectivity index (χ1n) is 19.0. The van der Waals surface area contributed by atoms with Crippen molar-refractivity contribution < 1.29 is 19.1 Å². The Balaban J connectivity index is 0.000000190. The highest BCUT2D eigenvalue weighted by atomic mass is 35.5. The number of halogens is 2. The van der Waals surface area contributed by atoms with Crippen LogP contribution in [0.25, 0.3) is 56.2 Å². The van der Waals surface area contributed by atoms with Crippen LogP contribution in [0.1, 0.15) is 54.9 Å². The number of aromatic amines is 2. The number of pyridine rings is 6. The molecule has 15 heteroatoms. The summed E-state index contributed by atoms with van der Waals surface area (Å²) in [5, 5.41) is 11.2. The van der Waals surface area contributed by atoms with Gasteiger partial charge in [-0.1, -0.05) is 35.3 Å². The number of carbonyl (C=O) groups excluding carboxylic acids is 3. The van der Waals surface area contributed by atoms with Gasteiger partial charge in [0.2, 0.25) is 0 Å². The van der Waals surface area contributed by atoms with Crippen molar-refractivity contribution in [1.29, 1.82) is 5.26 Å². The van der Waals surface area contributed by atoms with Gasteiger partial charge < -0.3 is 14.7 Å². The summed E-state index contributed by atoms with van der Waals surface area (Å²) in [5.41, 5.74) is 2.98. The fourth-order valence-electron chi connectivity index (χ4n) is 6.58. The second-order valence-electron chi connectivity index (χ2n) is 13.4. The van der Waals surface area contributed by atoms with Crippen molar-refractivity contribution in [3.63, 3.8) is 0 Å². The fourth-order valence-corrected chi connectivity index (χ4v) is 6.92. The highest BCUT2D eigenvalue weighted by Crippen LogP contribution is 2.33. The number of rotatable bonds is 10. The molecule has 0 radical (unpaired) electrons. The molecule has 0 saturated carbocycles. The molecule has 0 aliphatic rings. The van der Waals surface area contributed by atoms with E-state index in [9.17, 15) is 29.2 Å². The summed E-state index contributed by atoms with van der Waals surface area (Å²) in [6.07, 6.45) is 14.6. The van der Waals surface area contributed by atoms with Gasteiger partial charge in [-0.3, -0.25) is 39.1 Å². The van der Waals surface area contributed by atoms with Gasteiger partial charge in [-0.05, 0) is 104 Å². The predicted molar refractivity (Wildman–Crippen MR) is 241 cm³/mol. The Morgan fingerprint density at radius 3 is 1.67 bits per heavy atom. The second-order valence-corrected chi connectivity index (χ2v) is 14.3. The Kier molecular flexibility index (Phi) is 13.3. The van der Waals surface area contributed by atoms with Crippen molar-refractivity contribution in [2.45, 2.75) is 6.92 Å². The van der Waals surface area contributed by atoms with E-state index in [2.05, 4.69) is 29.9 Å². The van der Waals surface area contributed by atoms with Crippen LogP contribution in [0.5, 0.6) is 0 Å². The van der Waals surface area contributed by atoms with E-state index in [4.69, 9.17) is 27.9 Å². The van der Waals surface area contributed by atoms with Crippen molar-refractivity contribution in [3.8, 4) is 28.3 Å². The molecule has 0 saturated heterocycles. The zero-order valence-electron chi connectivity index (χ0n) is 33.0. The number of hydrogen-bond acceptors (Lipinski definition) is 11. The number of benzene rings is 2. The molecule has 2 N–H and O–H groups in total. The number of aromatic nitrogens is 6. The van der Waals surface area contributed by atoms with Gasteiger partial charge in [0.05, 0.1) is 40.2 Å². The lowest BCUT2D eigenvalue weighted by Gasteiger charge is -2.12. The van der Waals surface area contributed by atoms with E-state index in [1.165, 1.54) is 49.1 Å². The van der Waals surface area contributed by atoms with Gasteiger partial charge in [-0.2, -0.15) is 5.26 Å². The lowest BCUT2D eigenvalue weighted by Crippen LogP contribution is -2.19. The first kappa shape index (κ1) is 42.9. The molecule has 0 unspecified atom stereocenters. The standard InChI is InChI=1S/C25H18ClN3O4.C23H13ClN4O2/c1-2-33-25(32)16-11-15(13-27-14-16)22-19-12-17(26)6-8-20(19)29-24(31)23(22)21(30)9-7-18-5-3-4-10-28-18;24-16-4-6-19-18(10-16)21(15-9-14(11-25)12-26-13-15)22(23(30)28-19)20(29)7-5-17-3-1-2-8-27-17/h3-14H,2H2,1H3,(H,29,31);1-10,12-13H,(H,28,30)/b9-7+;7-5+. The third kappa shape index (κ3) is 9.90. The summed E-state index contributed by atoms with van der Waals surface area (Å²) in [6, 6.07) is 25.7. The molecule has 0 aliphatic heterocycles. The lowest BCUT2D eigenvalue weighted by atomic mass is 9.94. The van der Waals surface area contributed by atoms with Crippen LogP contribution < -0.4 is 11.1 Å². The molecule has 2 aromatic carbocycles. The van der Waals surface area contributed by atoms with Crippen molar-refractivity contribution in [1.82, 2.24) is 29.9 Å². The fraction of sp³-hybridized carbons (Fsp3) is 0.0417. The molecule has 0 bridgehead atoms. The monoisotopic (exact) mass is 871 g/mol. The van der Waals surface area contributed by atoms with Crippen LogP contribution in [0.4, 0.5) is 0 Å². The Morgan fingerprint density at radius 1 is 0.683 bits per heavy atom. The molecule has 0 amide bonds. The first-order chi connectivity index (χ1) is 30.5. The predicted octanol–water partition coefficient (Wildman–Crippen LogP) is 9.12. The molecule has 63 heavy (non-hydrogen) atoms. The van der Waals surface area contributed by atoms with Crippen molar-refractivity contribution >= 4 is 74.7 Å². The largest absolute Gasteiger partial charge is 0.462 e. The van der Waals surface area contributed by atoms with Crippen LogP contribution in [-0.4, -0.2) is 54.0 Å². The molecule has 6 heterocycles. The number of carbonyl (C=O) groups is 3. The maximum atomic E-state index is 13.2. The van der Waals surface area contributed by atoms with Crippen LogP contribution >= 0.6 is 23.2 Å². The molecule has 308 valence electrons. The van der Waals surface area contributed by atoms with E-state index in [1.807, 2.05) is 6.07 Å². The molecule has 6 aromatic heterocycles. The third-order valence-corrected chi connectivity index (χ3v) is 9.80. The highest BCUT2D eigenvalue weighted by Gasteiger charge is 2.22. The third-order valence-electron chi connectivity index (χ3n) is 9.33. The molecular formula is C48H31Cl2N7O6. The summed E-state index contributed by atoms with van der Waals surface area (Å²) in [7, 11) is 0. The number of esters is 1. The Morgan fingerprint density at radius 2 is 1.19 bits per heavy atom. The van der Waals surface area contributed by atoms with E-state index in [-0.39, 0.29) is 23.3 Å². The van der Waals surface area contributed by atoms with Gasteiger partial charge in [0, 0.05) is 91.3 Å². The second kappa shape index (κ2) is 19.5. The van der Waals surface area contributed by atoms with Crippen LogP contribution in [-0.2, 0) is 4.74 Å². The number of fused-ring (bicyclic) bond motifs is 2. The molecular weight excluding hydrogens is 841 g/mol. The van der Waals surface area contributed by atoms with Crippen LogP contribution in [0, 0.1) is 11.3 Å². The SMILES string of the molecule is CCOC(=O)c1cncc(-c2c(C(=O)/C=C/c3ccccn3)c(=O)[nH]c3ccc(Cl)cc23)c1.N#Cc1cncc(-c2c(C(=O)/C=C/c3ccccn3)c(=O)[nH]c3ccc(Cl)cc23)c1. The van der Waals surface area contributed by atoms with Crippen LogP contribution in [0.15, 0.2) is 144 Å². The van der Waals surface area contributed by atoms with E-state index >= 15 is 0 Å². The van der Waals surface area contributed by atoms with Crippen LogP contribution in [0.3, 0.4) is 0 Å². The van der Waals surface area contributed by atoms with E-state index in [0.29, 0.717) is 71.1 Å². The number of H-pyrrole nitrogens is 2. The minimum absolute atomic E-state index is 0.0613. The number of nitrogens with one attached hydrogen (secondary N) is 2. The molecule has 13 nitrogen and oxygen atoms in total. The van der Waals surface area contributed by atoms with Gasteiger partial charge in [0.1, 0.15) is 6.07 Å². The molecule has 0 atom stereocenters. The zero-order valence-corrected chi connectivity index (χ0v) is 34.5. The summed E-state index contributed by atoms with van der Waals surface area (Å²) >= 11 is 12.4. The number of nitrogens with zero attached hydrogens (tertiary/aromatic N) is 5. The van der Waals surface area contributed by atoms with Crippen molar-refractivity contribution in [3.05, 3.63) is 199 Å². The number of allylic oxidation sites excluding steroid dienone is 2. The molecule has 0 aliphatic carbocycles. The van der Waals surface area contributed by atoms with Gasteiger partial charge >= 0.3 is 5.97 Å². The minimum atomic E-state index is -0.572. The average molecular weight is 873 g/mol. The minimum Gasteiger partial charge on any atom is -0.462 e. The number of ketones is 2. The van der Waals surface area contributed by atoms with Gasteiger partial charge in [-0.25, -0.2) is 4.79 Å². The van der Waals surface area contributed by atoms with Crippen molar-refractivity contribution in [2.75, 3.05) is 6.61 Å². The Hall–Kier alpha value is -8.18. The quantitative estimate of drug-likeness (QED) is 0.0754. The Labute approximate surface area is 368 Å². The summed E-state index contributed by atoms with van der Waals surface area (Å²) in [5.74, 6) is -1.58. The van der Waals surface area contributed by atoms with E-state index in [1.54, 1.807) is 104 Å². The molecule has 8 rings (SSSR count). The number of nitriles is 1. The summed E-state index contributed by atoms with van der Waals surface area (Å²) in [6.45, 7) is 1.90. The van der Waals surface area contributed by atoms with E-state index in [0.717, 1.165) is 0 Å². The first-order valence-corrected chi connectivity index (χ1v) is 19.8. The van der Waals surface area contributed by atoms with Gasteiger partial charge in [-0.15, -0.1) is 0 Å². The lowest BCUT2D eigenvalue weighted by molar-refractivity contribution is 0.0525. The zero-order chi connectivity index (χ0) is 44.5. The molecule has 0 fully saturated rings. The summed E-state index contributed by atoms with van der Waals surface area (Å²) < 4.78 is 5.06. The maximum absolute atomic E-state index is 13.2. The summed E-state index contributed by atoms with van der Waals surface area (Å²) in [4.78, 5) is 86.4. The van der Waals surface area contributed by atoms with E-state index < -0.39 is 28.7 Å². The highest BCUT2D eigenvalue weighted by molar-refractivity contribution is 6.32. The topological polar surface area (TPSA) is 202 Å². The van der Waals surface area contributed by atoms with Crippen molar-refractivity contribution in [2.24, 2.45) is 0 Å².